The van der Waals surface area contributed by atoms with Gasteiger partial charge in [0.2, 0.25) is 0 Å². The van der Waals surface area contributed by atoms with Crippen molar-refractivity contribution in [2.24, 2.45) is 5.73 Å². The molecule has 0 heterocycles. The van der Waals surface area contributed by atoms with E-state index in [4.69, 9.17) is 18.0 Å². The van der Waals surface area contributed by atoms with Gasteiger partial charge < -0.3 is 16.4 Å². The number of carbonyl (C=O) groups is 1. The summed E-state index contributed by atoms with van der Waals surface area (Å²) in [5, 5.41) is 6.58. The molecule has 0 unspecified atom stereocenters. The van der Waals surface area contributed by atoms with Crippen molar-refractivity contribution in [2.45, 2.75) is 6.42 Å². The van der Waals surface area contributed by atoms with Gasteiger partial charge in [-0.2, -0.15) is 0 Å². The number of benzene rings is 2. The Morgan fingerprint density at radius 2 is 1.71 bits per heavy atom. The minimum atomic E-state index is -0.481. The second-order valence-electron chi connectivity index (χ2n) is 4.53. The summed E-state index contributed by atoms with van der Waals surface area (Å²) in [7, 11) is 0. The summed E-state index contributed by atoms with van der Waals surface area (Å²) < 4.78 is 0. The van der Waals surface area contributed by atoms with Crippen molar-refractivity contribution in [3.05, 3.63) is 65.7 Å². The number of para-hydroxylation sites is 1. The zero-order valence-corrected chi connectivity index (χ0v) is 12.3. The van der Waals surface area contributed by atoms with Crippen LogP contribution in [0.15, 0.2) is 54.6 Å². The average Bonchev–Trinajstić information content (AvgIpc) is 2.48. The number of hydrogen-bond donors (Lipinski definition) is 3. The number of carbonyl (C=O) groups excluding carboxylic acids is 1. The van der Waals surface area contributed by atoms with Gasteiger partial charge in [0.05, 0.1) is 11.3 Å². The van der Waals surface area contributed by atoms with E-state index in [1.165, 1.54) is 5.56 Å². The molecule has 1 amide bonds. The summed E-state index contributed by atoms with van der Waals surface area (Å²) in [5.74, 6) is -0.481. The average molecular weight is 299 g/mol. The molecule has 2 rings (SSSR count). The fourth-order valence-electron chi connectivity index (χ4n) is 1.94. The van der Waals surface area contributed by atoms with Crippen molar-refractivity contribution >= 4 is 28.9 Å². The molecule has 0 atom stereocenters. The largest absolute Gasteiger partial charge is 0.366 e. The molecule has 4 N–H and O–H groups in total. The highest BCUT2D eigenvalue weighted by atomic mass is 32.1. The lowest BCUT2D eigenvalue weighted by atomic mass is 10.1. The molecular weight excluding hydrogens is 282 g/mol. The highest BCUT2D eigenvalue weighted by molar-refractivity contribution is 7.80. The van der Waals surface area contributed by atoms with Crippen molar-refractivity contribution in [1.29, 1.82) is 0 Å². The zero-order chi connectivity index (χ0) is 15.1. The Hall–Kier alpha value is -2.40. The Morgan fingerprint density at radius 1 is 1.05 bits per heavy atom. The molecule has 2 aromatic carbocycles. The number of nitrogens with one attached hydrogen (secondary N) is 2. The van der Waals surface area contributed by atoms with Gasteiger partial charge in [-0.3, -0.25) is 4.79 Å². The van der Waals surface area contributed by atoms with E-state index < -0.39 is 5.91 Å². The van der Waals surface area contributed by atoms with E-state index in [9.17, 15) is 4.79 Å². The lowest BCUT2D eigenvalue weighted by molar-refractivity contribution is 0.100. The number of amides is 1. The molecule has 0 saturated heterocycles. The van der Waals surface area contributed by atoms with Gasteiger partial charge in [0.15, 0.2) is 5.11 Å². The van der Waals surface area contributed by atoms with Crippen LogP contribution in [0, 0.1) is 0 Å². The molecule has 5 heteroatoms. The lowest BCUT2D eigenvalue weighted by Gasteiger charge is -2.12. The highest BCUT2D eigenvalue weighted by Crippen LogP contribution is 2.13. The maximum atomic E-state index is 11.3. The summed E-state index contributed by atoms with van der Waals surface area (Å²) >= 11 is 5.22. The number of nitrogens with two attached hydrogens (primary N) is 1. The monoisotopic (exact) mass is 299 g/mol. The molecule has 108 valence electrons. The lowest BCUT2D eigenvalue weighted by Crippen LogP contribution is -2.31. The molecular formula is C16H17N3OS. The molecule has 2 aromatic rings. The maximum Gasteiger partial charge on any atom is 0.250 e. The molecule has 0 saturated carbocycles. The first kappa shape index (κ1) is 15.0. The van der Waals surface area contributed by atoms with Crippen LogP contribution in [0.1, 0.15) is 15.9 Å². The molecule has 0 spiro atoms. The topological polar surface area (TPSA) is 67.2 Å². The Morgan fingerprint density at radius 3 is 2.43 bits per heavy atom. The van der Waals surface area contributed by atoms with Crippen LogP contribution < -0.4 is 16.4 Å². The van der Waals surface area contributed by atoms with Gasteiger partial charge in [-0.25, -0.2) is 0 Å². The second kappa shape index (κ2) is 7.40. The van der Waals surface area contributed by atoms with Gasteiger partial charge in [0.25, 0.3) is 5.91 Å². The second-order valence-corrected chi connectivity index (χ2v) is 4.93. The predicted molar refractivity (Wildman–Crippen MR) is 89.3 cm³/mol. The quantitative estimate of drug-likeness (QED) is 0.741. The van der Waals surface area contributed by atoms with Gasteiger partial charge in [-0.05, 0) is 36.3 Å². The van der Waals surface area contributed by atoms with Gasteiger partial charge in [0, 0.05) is 6.54 Å². The standard InChI is InChI=1S/C16H17N3OS/c17-15(20)13-8-4-5-9-14(13)19-16(21)18-11-10-12-6-2-1-3-7-12/h1-9H,10-11H2,(H2,17,20)(H2,18,19,21). The molecule has 4 nitrogen and oxygen atoms in total. The summed E-state index contributed by atoms with van der Waals surface area (Å²) in [4.78, 5) is 11.3. The van der Waals surface area contributed by atoms with Gasteiger partial charge >= 0.3 is 0 Å². The number of primary amides is 1. The van der Waals surface area contributed by atoms with E-state index in [1.54, 1.807) is 18.2 Å². The molecule has 0 fully saturated rings. The highest BCUT2D eigenvalue weighted by Gasteiger charge is 2.07. The fourth-order valence-corrected chi connectivity index (χ4v) is 2.15. The molecule has 0 aliphatic rings. The molecule has 0 bridgehead atoms. The number of hydrogen-bond acceptors (Lipinski definition) is 2. The normalized spacial score (nSPS) is 9.90. The first-order valence-corrected chi connectivity index (χ1v) is 7.05. The predicted octanol–water partition coefficient (Wildman–Crippen LogP) is 2.31. The first-order chi connectivity index (χ1) is 10.2. The SMILES string of the molecule is NC(=O)c1ccccc1NC(=S)NCCc1ccccc1. The van der Waals surface area contributed by atoms with Crippen molar-refractivity contribution in [1.82, 2.24) is 5.32 Å². The Balaban J connectivity index is 1.86. The van der Waals surface area contributed by atoms with Crippen LogP contribution in [0.2, 0.25) is 0 Å². The van der Waals surface area contributed by atoms with Crippen LogP contribution in [0.3, 0.4) is 0 Å². The Labute approximate surface area is 129 Å². The van der Waals surface area contributed by atoms with Gasteiger partial charge in [-0.1, -0.05) is 42.5 Å². The van der Waals surface area contributed by atoms with E-state index in [0.717, 1.165) is 6.42 Å². The van der Waals surface area contributed by atoms with Gasteiger partial charge in [0.1, 0.15) is 0 Å². The minimum Gasteiger partial charge on any atom is -0.366 e. The third kappa shape index (κ3) is 4.57. The van der Waals surface area contributed by atoms with Crippen molar-refractivity contribution in [3.8, 4) is 0 Å². The van der Waals surface area contributed by atoms with E-state index in [1.807, 2.05) is 24.3 Å². The van der Waals surface area contributed by atoms with Gasteiger partial charge in [-0.15, -0.1) is 0 Å². The van der Waals surface area contributed by atoms with E-state index in [-0.39, 0.29) is 0 Å². The summed E-state index contributed by atoms with van der Waals surface area (Å²) in [6.07, 6.45) is 0.875. The number of rotatable bonds is 5. The molecule has 0 radical (unpaired) electrons. The van der Waals surface area contributed by atoms with Crippen LogP contribution in [-0.2, 0) is 6.42 Å². The van der Waals surface area contributed by atoms with Crippen LogP contribution in [0.4, 0.5) is 5.69 Å². The summed E-state index contributed by atoms with van der Waals surface area (Å²) in [5.41, 5.74) is 7.60. The third-order valence-corrected chi connectivity index (χ3v) is 3.23. The maximum absolute atomic E-state index is 11.3. The molecule has 0 aliphatic heterocycles. The van der Waals surface area contributed by atoms with E-state index in [2.05, 4.69) is 22.8 Å². The smallest absolute Gasteiger partial charge is 0.250 e. The molecule has 0 aromatic heterocycles. The fraction of sp³-hybridized carbons (Fsp3) is 0.125. The Bertz CT molecular complexity index is 628. The van der Waals surface area contributed by atoms with Crippen LogP contribution >= 0.6 is 12.2 Å². The van der Waals surface area contributed by atoms with Crippen LogP contribution in [0.5, 0.6) is 0 Å². The van der Waals surface area contributed by atoms with Crippen LogP contribution in [-0.4, -0.2) is 17.6 Å². The Kier molecular flexibility index (Phi) is 5.29. The van der Waals surface area contributed by atoms with E-state index in [0.29, 0.717) is 22.9 Å². The molecule has 0 aliphatic carbocycles. The van der Waals surface area contributed by atoms with Crippen molar-refractivity contribution < 1.29 is 4.79 Å². The van der Waals surface area contributed by atoms with E-state index >= 15 is 0 Å². The number of anilines is 1. The summed E-state index contributed by atoms with van der Waals surface area (Å²) in [6.45, 7) is 0.717. The first-order valence-electron chi connectivity index (χ1n) is 6.64. The third-order valence-electron chi connectivity index (χ3n) is 2.98. The van der Waals surface area contributed by atoms with Crippen molar-refractivity contribution in [2.75, 3.05) is 11.9 Å². The van der Waals surface area contributed by atoms with Crippen molar-refractivity contribution in [3.63, 3.8) is 0 Å². The number of thiocarbonyl (C=S) groups is 1. The zero-order valence-electron chi connectivity index (χ0n) is 11.5. The molecule has 21 heavy (non-hydrogen) atoms. The summed E-state index contributed by atoms with van der Waals surface area (Å²) in [6, 6.07) is 17.2. The van der Waals surface area contributed by atoms with Crippen LogP contribution in [0.25, 0.3) is 0 Å². The minimum absolute atomic E-state index is 0.421.